The lowest BCUT2D eigenvalue weighted by molar-refractivity contribution is -0.135. The average Bonchev–Trinajstić information content (AvgIpc) is 2.76. The van der Waals surface area contributed by atoms with Crippen LogP contribution in [-0.4, -0.2) is 103 Å². The van der Waals surface area contributed by atoms with Gasteiger partial charge in [0, 0.05) is 63.9 Å². The molecule has 174 valence electrons. The molecular weight excluding hydrogens is 527 g/mol. The molecule has 1 N–H and O–H groups in total. The molecule has 0 aliphatic carbocycles. The Bertz CT molecular complexity index is 708. The van der Waals surface area contributed by atoms with Crippen LogP contribution in [0.4, 0.5) is 0 Å². The van der Waals surface area contributed by atoms with Crippen LogP contribution in [-0.2, 0) is 11.3 Å². The smallest absolute Gasteiger partial charge is 0.242 e. The van der Waals surface area contributed by atoms with Crippen LogP contribution in [0, 0.1) is 0 Å². The second kappa shape index (κ2) is 13.4. The predicted molar refractivity (Wildman–Crippen MR) is 138 cm³/mol. The molecule has 1 amide bonds. The zero-order chi connectivity index (χ0) is 21.3. The summed E-state index contributed by atoms with van der Waals surface area (Å²) in [4.78, 5) is 26.5. The summed E-state index contributed by atoms with van der Waals surface area (Å²) in [6.45, 7) is 14.9. The molecule has 0 aromatic heterocycles. The van der Waals surface area contributed by atoms with E-state index in [1.54, 1.807) is 0 Å². The number of halogens is 2. The number of piperazine rings is 2. The Morgan fingerprint density at radius 2 is 1.71 bits per heavy atom. The Morgan fingerprint density at radius 3 is 2.32 bits per heavy atom. The second-order valence-corrected chi connectivity index (χ2v) is 8.31. The number of benzene rings is 1. The van der Waals surface area contributed by atoms with Crippen LogP contribution in [0.3, 0.4) is 0 Å². The number of carbonyl (C=O) groups excluding carboxylic acids is 1. The third kappa shape index (κ3) is 8.07. The van der Waals surface area contributed by atoms with Gasteiger partial charge in [0.2, 0.25) is 5.91 Å². The minimum Gasteiger partial charge on any atom is -0.357 e. The zero-order valence-corrected chi connectivity index (χ0v) is 21.8. The highest BCUT2D eigenvalue weighted by Gasteiger charge is 2.26. The van der Waals surface area contributed by atoms with Crippen molar-refractivity contribution in [1.29, 1.82) is 0 Å². The molecule has 7 nitrogen and oxygen atoms in total. The van der Waals surface area contributed by atoms with Gasteiger partial charge in [-0.25, -0.2) is 0 Å². The minimum absolute atomic E-state index is 0. The van der Waals surface area contributed by atoms with Crippen molar-refractivity contribution >= 4 is 47.4 Å². The fourth-order valence-corrected chi connectivity index (χ4v) is 4.04. The third-order valence-electron chi connectivity index (χ3n) is 5.83. The molecule has 0 spiro atoms. The standard InChI is InChI=1S/C22H35ClN6O.HI/c1-3-24-22(25-9-10-27-13-11-26(4-2)12-14-27)29-16-15-28(21(30)18-29)17-19-5-7-20(23)8-6-19;/h5-8H,3-4,9-18H2,1-2H3,(H,24,25);1H. The lowest BCUT2D eigenvalue weighted by atomic mass is 10.2. The quantitative estimate of drug-likeness (QED) is 0.314. The van der Waals surface area contributed by atoms with Crippen molar-refractivity contribution in [3.8, 4) is 0 Å². The summed E-state index contributed by atoms with van der Waals surface area (Å²) in [6, 6.07) is 7.70. The van der Waals surface area contributed by atoms with Crippen molar-refractivity contribution in [2.24, 2.45) is 4.99 Å². The first-order valence-corrected chi connectivity index (χ1v) is 11.5. The number of hydrogen-bond donors (Lipinski definition) is 1. The molecule has 31 heavy (non-hydrogen) atoms. The Hall–Kier alpha value is -1.10. The lowest BCUT2D eigenvalue weighted by Gasteiger charge is -2.36. The molecule has 1 aromatic carbocycles. The number of likely N-dealkylation sites (N-methyl/N-ethyl adjacent to an activating group) is 1. The summed E-state index contributed by atoms with van der Waals surface area (Å²) in [5, 5.41) is 4.08. The SMILES string of the molecule is CCNC(=NCCN1CCN(CC)CC1)N1CCN(Cc2ccc(Cl)cc2)C(=O)C1.I. The predicted octanol–water partition coefficient (Wildman–Crippen LogP) is 2.21. The molecule has 2 aliphatic heterocycles. The van der Waals surface area contributed by atoms with Crippen molar-refractivity contribution in [3.05, 3.63) is 34.9 Å². The lowest BCUT2D eigenvalue weighted by Crippen LogP contribution is -2.55. The maximum Gasteiger partial charge on any atom is 0.242 e. The summed E-state index contributed by atoms with van der Waals surface area (Å²) >= 11 is 5.96. The van der Waals surface area contributed by atoms with Crippen molar-refractivity contribution in [2.45, 2.75) is 20.4 Å². The molecule has 0 bridgehead atoms. The van der Waals surface area contributed by atoms with E-state index in [1.165, 1.54) is 0 Å². The van der Waals surface area contributed by atoms with Crippen LogP contribution >= 0.6 is 35.6 Å². The number of aliphatic imine (C=N–C) groups is 1. The molecular formula is C22H36ClIN6O. The maximum atomic E-state index is 12.7. The molecule has 0 saturated carbocycles. The van der Waals surface area contributed by atoms with Gasteiger partial charge in [-0.3, -0.25) is 14.7 Å². The van der Waals surface area contributed by atoms with Gasteiger partial charge >= 0.3 is 0 Å². The summed E-state index contributed by atoms with van der Waals surface area (Å²) in [5.41, 5.74) is 1.10. The highest BCUT2D eigenvalue weighted by atomic mass is 127. The van der Waals surface area contributed by atoms with E-state index in [4.69, 9.17) is 16.6 Å². The first-order valence-electron chi connectivity index (χ1n) is 11.1. The molecule has 2 fully saturated rings. The van der Waals surface area contributed by atoms with Crippen LogP contribution in [0.15, 0.2) is 29.3 Å². The van der Waals surface area contributed by atoms with Gasteiger partial charge in [-0.1, -0.05) is 30.7 Å². The van der Waals surface area contributed by atoms with E-state index in [9.17, 15) is 4.79 Å². The van der Waals surface area contributed by atoms with Gasteiger partial charge in [0.05, 0.1) is 13.1 Å². The highest BCUT2D eigenvalue weighted by Crippen LogP contribution is 2.13. The molecule has 3 rings (SSSR count). The van der Waals surface area contributed by atoms with Crippen LogP contribution in [0.25, 0.3) is 0 Å². The van der Waals surface area contributed by atoms with Crippen molar-refractivity contribution in [2.75, 3.05) is 72.0 Å². The Labute approximate surface area is 208 Å². The number of amides is 1. The van der Waals surface area contributed by atoms with E-state index in [2.05, 4.69) is 33.9 Å². The highest BCUT2D eigenvalue weighted by molar-refractivity contribution is 14.0. The van der Waals surface area contributed by atoms with E-state index in [-0.39, 0.29) is 29.9 Å². The minimum atomic E-state index is 0. The van der Waals surface area contributed by atoms with E-state index in [0.717, 1.165) is 70.4 Å². The summed E-state index contributed by atoms with van der Waals surface area (Å²) in [7, 11) is 0. The second-order valence-electron chi connectivity index (χ2n) is 7.87. The third-order valence-corrected chi connectivity index (χ3v) is 6.08. The Kier molecular flexibility index (Phi) is 11.3. The fraction of sp³-hybridized carbons (Fsp3) is 0.636. The van der Waals surface area contributed by atoms with E-state index >= 15 is 0 Å². The van der Waals surface area contributed by atoms with Gasteiger partial charge < -0.3 is 20.0 Å². The van der Waals surface area contributed by atoms with E-state index in [1.807, 2.05) is 29.2 Å². The fourth-order valence-electron chi connectivity index (χ4n) is 3.92. The van der Waals surface area contributed by atoms with Gasteiger partial charge in [0.1, 0.15) is 0 Å². The van der Waals surface area contributed by atoms with Gasteiger partial charge in [-0.2, -0.15) is 0 Å². The van der Waals surface area contributed by atoms with Gasteiger partial charge in [0.25, 0.3) is 0 Å². The first kappa shape index (κ1) is 26.2. The molecule has 0 atom stereocenters. The number of nitrogens with one attached hydrogen (secondary N) is 1. The van der Waals surface area contributed by atoms with Gasteiger partial charge in [0.15, 0.2) is 5.96 Å². The molecule has 2 aliphatic rings. The average molecular weight is 563 g/mol. The topological polar surface area (TPSA) is 54.4 Å². The molecule has 2 saturated heterocycles. The van der Waals surface area contributed by atoms with Crippen LogP contribution < -0.4 is 5.32 Å². The molecule has 1 aromatic rings. The molecule has 0 radical (unpaired) electrons. The molecule has 0 unspecified atom stereocenters. The number of rotatable bonds is 7. The van der Waals surface area contributed by atoms with E-state index < -0.39 is 0 Å². The zero-order valence-electron chi connectivity index (χ0n) is 18.7. The van der Waals surface area contributed by atoms with Gasteiger partial charge in [-0.15, -0.1) is 24.0 Å². The monoisotopic (exact) mass is 562 g/mol. The van der Waals surface area contributed by atoms with Crippen LogP contribution in [0.2, 0.25) is 5.02 Å². The Morgan fingerprint density at radius 1 is 1.03 bits per heavy atom. The summed E-state index contributed by atoms with van der Waals surface area (Å²) in [5.74, 6) is 0.988. The maximum absolute atomic E-state index is 12.7. The molecule has 2 heterocycles. The van der Waals surface area contributed by atoms with Crippen molar-refractivity contribution in [1.82, 2.24) is 24.9 Å². The summed E-state index contributed by atoms with van der Waals surface area (Å²) in [6.07, 6.45) is 0. The normalized spacial score (nSPS) is 18.8. The van der Waals surface area contributed by atoms with Crippen LogP contribution in [0.1, 0.15) is 19.4 Å². The van der Waals surface area contributed by atoms with Gasteiger partial charge in [-0.05, 0) is 31.2 Å². The molecule has 9 heteroatoms. The van der Waals surface area contributed by atoms with E-state index in [0.29, 0.717) is 24.7 Å². The number of guanidine groups is 1. The largest absolute Gasteiger partial charge is 0.357 e. The number of carbonyl (C=O) groups is 1. The first-order chi connectivity index (χ1) is 14.6. The Balaban J connectivity index is 0.00000341. The number of nitrogens with zero attached hydrogens (tertiary/aromatic N) is 5. The summed E-state index contributed by atoms with van der Waals surface area (Å²) < 4.78 is 0. The van der Waals surface area contributed by atoms with Crippen molar-refractivity contribution in [3.63, 3.8) is 0 Å². The van der Waals surface area contributed by atoms with Crippen molar-refractivity contribution < 1.29 is 4.79 Å². The van der Waals surface area contributed by atoms with Crippen LogP contribution in [0.5, 0.6) is 0 Å². The number of hydrogen-bond acceptors (Lipinski definition) is 4.